The van der Waals surface area contributed by atoms with Gasteiger partial charge in [0.25, 0.3) is 5.56 Å². The van der Waals surface area contributed by atoms with Crippen LogP contribution in [0.4, 0.5) is 5.69 Å². The number of ether oxygens (including phenoxy) is 1. The van der Waals surface area contributed by atoms with Crippen molar-refractivity contribution in [3.63, 3.8) is 0 Å². The maximum atomic E-state index is 13.6. The Morgan fingerprint density at radius 3 is 2.44 bits per heavy atom. The van der Waals surface area contributed by atoms with Gasteiger partial charge in [0.1, 0.15) is 11.4 Å². The molecule has 184 valence electrons. The lowest BCUT2D eigenvalue weighted by Crippen LogP contribution is -2.40. The third kappa shape index (κ3) is 4.37. The second-order valence-electron chi connectivity index (χ2n) is 8.58. The number of anilines is 1. The summed E-state index contributed by atoms with van der Waals surface area (Å²) in [6.07, 6.45) is 3.69. The third-order valence-corrected chi connectivity index (χ3v) is 7.55. The smallest absolute Gasteiger partial charge is 0.338 e. The number of esters is 1. The van der Waals surface area contributed by atoms with Gasteiger partial charge in [-0.1, -0.05) is 18.2 Å². The number of carbonyl (C=O) groups is 2. The van der Waals surface area contributed by atoms with Crippen LogP contribution >= 0.6 is 11.3 Å². The first-order valence-corrected chi connectivity index (χ1v) is 12.7. The summed E-state index contributed by atoms with van der Waals surface area (Å²) in [7, 11) is 0. The zero-order chi connectivity index (χ0) is 25.2. The quantitative estimate of drug-likeness (QED) is 0.402. The number of thiophene rings is 1. The Labute approximate surface area is 210 Å². The van der Waals surface area contributed by atoms with Gasteiger partial charge >= 0.3 is 11.7 Å². The highest BCUT2D eigenvalue weighted by Gasteiger charge is 2.25. The topological polar surface area (TPSA) is 99.4 Å². The van der Waals surface area contributed by atoms with E-state index in [9.17, 15) is 19.2 Å². The molecule has 0 spiro atoms. The predicted molar refractivity (Wildman–Crippen MR) is 139 cm³/mol. The molecule has 0 radical (unpaired) electrons. The Morgan fingerprint density at radius 2 is 1.72 bits per heavy atom. The Hall–Kier alpha value is -3.98. The fraction of sp³-hybridized carbons (Fsp3) is 0.259. The van der Waals surface area contributed by atoms with Crippen molar-refractivity contribution < 1.29 is 14.3 Å². The molecule has 4 aromatic rings. The average molecular weight is 504 g/mol. The minimum atomic E-state index is -0.551. The number of para-hydroxylation sites is 1. The molecule has 9 heteroatoms. The van der Waals surface area contributed by atoms with Gasteiger partial charge in [0, 0.05) is 10.6 Å². The molecule has 0 bridgehead atoms. The van der Waals surface area contributed by atoms with Crippen LogP contribution in [0.3, 0.4) is 0 Å². The normalized spacial score (nSPS) is 12.8. The predicted octanol–water partition coefficient (Wildman–Crippen LogP) is 3.91. The van der Waals surface area contributed by atoms with Crippen molar-refractivity contribution in [3.05, 3.63) is 91.4 Å². The largest absolute Gasteiger partial charge is 0.462 e. The van der Waals surface area contributed by atoms with E-state index in [1.165, 1.54) is 15.9 Å². The van der Waals surface area contributed by atoms with Crippen molar-refractivity contribution in [1.29, 1.82) is 0 Å². The highest BCUT2D eigenvalue weighted by molar-refractivity contribution is 7.18. The Morgan fingerprint density at radius 1 is 1.00 bits per heavy atom. The Kier molecular flexibility index (Phi) is 6.56. The first kappa shape index (κ1) is 23.7. The van der Waals surface area contributed by atoms with Crippen LogP contribution in [0.2, 0.25) is 0 Å². The van der Waals surface area contributed by atoms with Crippen LogP contribution in [0.5, 0.6) is 0 Å². The van der Waals surface area contributed by atoms with E-state index in [1.54, 1.807) is 55.5 Å². The number of nitrogens with one attached hydrogen (secondary N) is 1. The van der Waals surface area contributed by atoms with Crippen molar-refractivity contribution in [1.82, 2.24) is 9.13 Å². The zero-order valence-electron chi connectivity index (χ0n) is 19.8. The number of hydrogen-bond donors (Lipinski definition) is 1. The second kappa shape index (κ2) is 9.94. The van der Waals surface area contributed by atoms with Crippen LogP contribution in [0.15, 0.2) is 64.2 Å². The van der Waals surface area contributed by atoms with Crippen LogP contribution < -0.4 is 16.6 Å². The van der Waals surface area contributed by atoms with Gasteiger partial charge < -0.3 is 10.1 Å². The molecule has 0 atom stereocenters. The van der Waals surface area contributed by atoms with Crippen molar-refractivity contribution in [2.75, 3.05) is 11.9 Å². The van der Waals surface area contributed by atoms with Gasteiger partial charge in [0.2, 0.25) is 5.91 Å². The van der Waals surface area contributed by atoms with Crippen LogP contribution in [-0.4, -0.2) is 27.6 Å². The van der Waals surface area contributed by atoms with E-state index in [1.807, 2.05) is 6.07 Å². The fourth-order valence-corrected chi connectivity index (χ4v) is 5.93. The SMILES string of the molecule is CCOC(=O)c1ccc(NC(=O)Cn2c(=O)n(-c3ccccc3)c(=O)c3c4c(sc32)CCCC4)cc1. The summed E-state index contributed by atoms with van der Waals surface area (Å²) in [4.78, 5) is 53.7. The maximum Gasteiger partial charge on any atom is 0.338 e. The standard InChI is InChI=1S/C27H25N3O5S/c1-2-35-26(33)17-12-14-18(15-13-17)28-22(31)16-29-25-23(20-10-6-7-11-21(20)36-25)24(32)30(27(29)34)19-8-4-3-5-9-19/h3-5,8-9,12-15H,2,6-7,10-11,16H2,1H3,(H,28,31). The molecule has 1 aliphatic carbocycles. The molecule has 0 fully saturated rings. The fourth-order valence-electron chi connectivity index (χ4n) is 4.56. The van der Waals surface area contributed by atoms with Crippen LogP contribution in [0.25, 0.3) is 15.9 Å². The number of benzene rings is 2. The van der Waals surface area contributed by atoms with Gasteiger partial charge in [0.05, 0.1) is 23.2 Å². The molecule has 1 aliphatic rings. The number of nitrogens with zero attached hydrogens (tertiary/aromatic N) is 2. The Bertz CT molecular complexity index is 1570. The summed E-state index contributed by atoms with van der Waals surface area (Å²) in [5.74, 6) is -0.846. The summed E-state index contributed by atoms with van der Waals surface area (Å²) in [6, 6.07) is 15.1. The lowest BCUT2D eigenvalue weighted by Gasteiger charge is -2.13. The van der Waals surface area contributed by atoms with Gasteiger partial charge in [0.15, 0.2) is 0 Å². The first-order valence-electron chi connectivity index (χ1n) is 11.9. The van der Waals surface area contributed by atoms with E-state index in [0.717, 1.165) is 40.7 Å². The minimum Gasteiger partial charge on any atom is -0.462 e. The van der Waals surface area contributed by atoms with E-state index in [0.29, 0.717) is 27.2 Å². The molecular formula is C27H25N3O5S. The van der Waals surface area contributed by atoms with Gasteiger partial charge in [-0.2, -0.15) is 0 Å². The van der Waals surface area contributed by atoms with Gasteiger partial charge in [-0.25, -0.2) is 14.2 Å². The first-order chi connectivity index (χ1) is 17.5. The molecule has 0 unspecified atom stereocenters. The lowest BCUT2D eigenvalue weighted by atomic mass is 9.97. The van der Waals surface area contributed by atoms with Crippen molar-refractivity contribution >= 4 is 39.1 Å². The molecule has 36 heavy (non-hydrogen) atoms. The van der Waals surface area contributed by atoms with Crippen molar-refractivity contribution in [2.24, 2.45) is 0 Å². The summed E-state index contributed by atoms with van der Waals surface area (Å²) in [5, 5.41) is 3.31. The van der Waals surface area contributed by atoms with E-state index in [2.05, 4.69) is 5.32 Å². The van der Waals surface area contributed by atoms with Crippen LogP contribution in [-0.2, 0) is 28.9 Å². The Balaban J connectivity index is 1.53. The molecule has 8 nitrogen and oxygen atoms in total. The molecule has 0 aliphatic heterocycles. The molecule has 0 saturated carbocycles. The van der Waals surface area contributed by atoms with Crippen molar-refractivity contribution in [2.45, 2.75) is 39.2 Å². The second-order valence-corrected chi connectivity index (χ2v) is 9.67. The molecule has 2 aromatic carbocycles. The monoisotopic (exact) mass is 503 g/mol. The highest BCUT2D eigenvalue weighted by Crippen LogP contribution is 2.34. The van der Waals surface area contributed by atoms with E-state index >= 15 is 0 Å². The molecule has 1 amide bonds. The van der Waals surface area contributed by atoms with Crippen LogP contribution in [0, 0.1) is 0 Å². The number of rotatable bonds is 6. The van der Waals surface area contributed by atoms with Gasteiger partial charge in [-0.05, 0) is 74.6 Å². The number of amides is 1. The van der Waals surface area contributed by atoms with E-state index in [4.69, 9.17) is 4.74 Å². The lowest BCUT2D eigenvalue weighted by molar-refractivity contribution is -0.116. The molecule has 5 rings (SSSR count). The third-order valence-electron chi connectivity index (χ3n) is 6.23. The molecule has 2 heterocycles. The number of hydrogen-bond acceptors (Lipinski definition) is 6. The van der Waals surface area contributed by atoms with Gasteiger partial charge in [-0.3, -0.25) is 14.2 Å². The van der Waals surface area contributed by atoms with E-state index in [-0.39, 0.29) is 18.7 Å². The highest BCUT2D eigenvalue weighted by atomic mass is 32.1. The average Bonchev–Trinajstić information content (AvgIpc) is 3.28. The molecule has 2 aromatic heterocycles. The summed E-state index contributed by atoms with van der Waals surface area (Å²) in [6.45, 7) is 1.76. The van der Waals surface area contributed by atoms with Gasteiger partial charge in [-0.15, -0.1) is 11.3 Å². The van der Waals surface area contributed by atoms with Crippen LogP contribution in [0.1, 0.15) is 40.6 Å². The summed E-state index contributed by atoms with van der Waals surface area (Å²) < 4.78 is 7.54. The zero-order valence-corrected chi connectivity index (χ0v) is 20.6. The maximum absolute atomic E-state index is 13.6. The summed E-state index contributed by atoms with van der Waals surface area (Å²) >= 11 is 1.43. The molecule has 1 N–H and O–H groups in total. The number of fused-ring (bicyclic) bond motifs is 3. The molecule has 0 saturated heterocycles. The van der Waals surface area contributed by atoms with E-state index < -0.39 is 17.6 Å². The number of aromatic nitrogens is 2. The number of carbonyl (C=O) groups excluding carboxylic acids is 2. The van der Waals surface area contributed by atoms with Crippen molar-refractivity contribution in [3.8, 4) is 5.69 Å². The minimum absolute atomic E-state index is 0.249. The summed E-state index contributed by atoms with van der Waals surface area (Å²) in [5.41, 5.74) is 1.44. The molecular weight excluding hydrogens is 478 g/mol. The number of aryl methyl sites for hydroxylation is 2.